The molecule has 1 saturated carbocycles. The summed E-state index contributed by atoms with van der Waals surface area (Å²) in [5.41, 5.74) is 1.40. The van der Waals surface area contributed by atoms with Gasteiger partial charge in [0.25, 0.3) is 0 Å². The molecule has 2 aliphatic rings. The van der Waals surface area contributed by atoms with E-state index in [2.05, 4.69) is 39.5 Å². The molecule has 3 rings (SSSR count). The van der Waals surface area contributed by atoms with Crippen LogP contribution in [-0.4, -0.2) is 68.3 Å². The zero-order valence-corrected chi connectivity index (χ0v) is 19.5. The van der Waals surface area contributed by atoms with E-state index >= 15 is 0 Å². The first-order chi connectivity index (χ1) is 13.4. The Morgan fingerprint density at radius 1 is 1.28 bits per heavy atom. The summed E-state index contributed by atoms with van der Waals surface area (Å²) in [5, 5.41) is 3.48. The summed E-state index contributed by atoms with van der Waals surface area (Å²) in [5.74, 6) is 2.37. The Kier molecular flexibility index (Phi) is 9.06. The van der Waals surface area contributed by atoms with Crippen molar-refractivity contribution in [2.24, 2.45) is 16.8 Å². The molecular weight excluding hydrogens is 492 g/mol. The number of aliphatic imine (C=N–C) groups is 1. The van der Waals surface area contributed by atoms with Gasteiger partial charge in [-0.05, 0) is 42.7 Å². The SMILES string of the molecule is CCN(CC1CCN(C(=NC)NCC2CC2c2ccccc2)C1)CC(F)(F)F.I. The predicted molar refractivity (Wildman–Crippen MR) is 122 cm³/mol. The first kappa shape index (κ1) is 24.2. The lowest BCUT2D eigenvalue weighted by atomic mass is 10.1. The normalized spacial score (nSPS) is 24.6. The molecule has 0 bridgehead atoms. The van der Waals surface area contributed by atoms with Gasteiger partial charge in [0.1, 0.15) is 0 Å². The quantitative estimate of drug-likeness (QED) is 0.330. The largest absolute Gasteiger partial charge is 0.401 e. The fraction of sp³-hybridized carbons (Fsp3) is 0.667. The standard InChI is InChI=1S/C21H31F3N4.HI/c1-3-27(15-21(22,23)24)13-16-9-10-28(14-16)20(25-2)26-12-18-11-19(18)17-7-5-4-6-8-17;/h4-8,16,18-19H,3,9-15H2,1-2H3,(H,25,26);1H. The number of benzene rings is 1. The van der Waals surface area contributed by atoms with Crippen LogP contribution < -0.4 is 5.32 Å². The number of nitrogens with zero attached hydrogens (tertiary/aromatic N) is 3. The van der Waals surface area contributed by atoms with E-state index in [0.717, 1.165) is 32.0 Å². The highest BCUT2D eigenvalue weighted by atomic mass is 127. The van der Waals surface area contributed by atoms with E-state index in [4.69, 9.17) is 0 Å². The second-order valence-corrected chi connectivity index (χ2v) is 7.98. The highest BCUT2D eigenvalue weighted by Gasteiger charge is 2.38. The summed E-state index contributed by atoms with van der Waals surface area (Å²) in [7, 11) is 1.78. The Hall–Kier alpha value is -1.03. The third kappa shape index (κ3) is 7.31. The molecule has 0 radical (unpaired) electrons. The van der Waals surface area contributed by atoms with E-state index in [1.54, 1.807) is 14.0 Å². The van der Waals surface area contributed by atoms with Crippen LogP contribution in [0.2, 0.25) is 0 Å². The molecule has 4 nitrogen and oxygen atoms in total. The van der Waals surface area contributed by atoms with Crippen molar-refractivity contribution in [2.75, 3.05) is 46.3 Å². The molecule has 1 N–H and O–H groups in total. The van der Waals surface area contributed by atoms with Gasteiger partial charge in [0, 0.05) is 33.2 Å². The van der Waals surface area contributed by atoms with Gasteiger partial charge in [-0.1, -0.05) is 37.3 Å². The molecule has 1 aliphatic heterocycles. The number of rotatable bonds is 7. The van der Waals surface area contributed by atoms with Gasteiger partial charge in [0.05, 0.1) is 6.54 Å². The van der Waals surface area contributed by atoms with Crippen LogP contribution in [0.3, 0.4) is 0 Å². The Balaban J connectivity index is 0.00000300. The Bertz CT molecular complexity index is 653. The summed E-state index contributed by atoms with van der Waals surface area (Å²) < 4.78 is 38.0. The van der Waals surface area contributed by atoms with E-state index in [0.29, 0.717) is 24.9 Å². The van der Waals surface area contributed by atoms with Gasteiger partial charge in [0.2, 0.25) is 0 Å². The molecule has 8 heteroatoms. The van der Waals surface area contributed by atoms with Gasteiger partial charge in [0.15, 0.2) is 5.96 Å². The van der Waals surface area contributed by atoms with Crippen molar-refractivity contribution >= 4 is 29.9 Å². The van der Waals surface area contributed by atoms with Crippen LogP contribution in [0.4, 0.5) is 13.2 Å². The van der Waals surface area contributed by atoms with Crippen LogP contribution in [0.5, 0.6) is 0 Å². The maximum atomic E-state index is 12.7. The minimum Gasteiger partial charge on any atom is -0.356 e. The van der Waals surface area contributed by atoms with Crippen LogP contribution in [0.1, 0.15) is 31.2 Å². The Morgan fingerprint density at radius 3 is 2.62 bits per heavy atom. The lowest BCUT2D eigenvalue weighted by molar-refractivity contribution is -0.146. The lowest BCUT2D eigenvalue weighted by Gasteiger charge is -2.26. The monoisotopic (exact) mass is 524 g/mol. The third-order valence-corrected chi connectivity index (χ3v) is 5.84. The average Bonchev–Trinajstić information content (AvgIpc) is 3.30. The van der Waals surface area contributed by atoms with Crippen molar-refractivity contribution in [3.05, 3.63) is 35.9 Å². The lowest BCUT2D eigenvalue weighted by Crippen LogP contribution is -2.42. The maximum absolute atomic E-state index is 12.7. The number of likely N-dealkylation sites (tertiary alicyclic amines) is 1. The Labute approximate surface area is 188 Å². The molecule has 3 atom stereocenters. The van der Waals surface area contributed by atoms with E-state index in [-0.39, 0.29) is 29.9 Å². The van der Waals surface area contributed by atoms with Crippen molar-refractivity contribution in [2.45, 2.75) is 31.9 Å². The highest BCUT2D eigenvalue weighted by molar-refractivity contribution is 14.0. The number of guanidine groups is 1. The smallest absolute Gasteiger partial charge is 0.356 e. The summed E-state index contributed by atoms with van der Waals surface area (Å²) in [4.78, 5) is 8.08. The molecule has 2 fully saturated rings. The van der Waals surface area contributed by atoms with Gasteiger partial charge < -0.3 is 10.2 Å². The van der Waals surface area contributed by atoms with Gasteiger partial charge >= 0.3 is 6.18 Å². The summed E-state index contributed by atoms with van der Waals surface area (Å²) >= 11 is 0. The number of alkyl halides is 3. The van der Waals surface area contributed by atoms with E-state index < -0.39 is 12.7 Å². The molecule has 1 heterocycles. The first-order valence-corrected chi connectivity index (χ1v) is 10.2. The van der Waals surface area contributed by atoms with Crippen LogP contribution in [0.25, 0.3) is 0 Å². The van der Waals surface area contributed by atoms with Crippen LogP contribution in [-0.2, 0) is 0 Å². The van der Waals surface area contributed by atoms with E-state index in [1.807, 2.05) is 6.07 Å². The highest BCUT2D eigenvalue weighted by Crippen LogP contribution is 2.46. The molecule has 164 valence electrons. The summed E-state index contributed by atoms with van der Waals surface area (Å²) in [6.07, 6.45) is -2.03. The van der Waals surface area contributed by atoms with E-state index in [1.165, 1.54) is 16.9 Å². The zero-order chi connectivity index (χ0) is 20.1. The minimum atomic E-state index is -4.13. The van der Waals surface area contributed by atoms with Crippen molar-refractivity contribution in [1.29, 1.82) is 0 Å². The van der Waals surface area contributed by atoms with Gasteiger partial charge in [-0.3, -0.25) is 9.89 Å². The minimum absolute atomic E-state index is 0. The van der Waals surface area contributed by atoms with Gasteiger partial charge in [-0.15, -0.1) is 24.0 Å². The summed E-state index contributed by atoms with van der Waals surface area (Å²) in [6.45, 7) is 4.38. The predicted octanol–water partition coefficient (Wildman–Crippen LogP) is 4.19. The molecular formula is C21H32F3IN4. The maximum Gasteiger partial charge on any atom is 0.401 e. The van der Waals surface area contributed by atoms with Gasteiger partial charge in [-0.25, -0.2) is 0 Å². The topological polar surface area (TPSA) is 30.9 Å². The number of halogens is 4. The van der Waals surface area contributed by atoms with Crippen LogP contribution in [0.15, 0.2) is 35.3 Å². The number of nitrogens with one attached hydrogen (secondary N) is 1. The molecule has 0 aromatic heterocycles. The fourth-order valence-corrected chi connectivity index (χ4v) is 4.23. The molecule has 1 aromatic rings. The molecule has 1 aromatic carbocycles. The summed E-state index contributed by atoms with van der Waals surface area (Å²) in [6, 6.07) is 10.6. The second-order valence-electron chi connectivity index (χ2n) is 7.98. The molecule has 0 amide bonds. The fourth-order valence-electron chi connectivity index (χ4n) is 4.23. The third-order valence-electron chi connectivity index (χ3n) is 5.84. The molecule has 3 unspecified atom stereocenters. The van der Waals surface area contributed by atoms with E-state index in [9.17, 15) is 13.2 Å². The molecule has 29 heavy (non-hydrogen) atoms. The van der Waals surface area contributed by atoms with Crippen LogP contribution >= 0.6 is 24.0 Å². The van der Waals surface area contributed by atoms with Crippen molar-refractivity contribution < 1.29 is 13.2 Å². The van der Waals surface area contributed by atoms with Crippen LogP contribution in [0, 0.1) is 11.8 Å². The second kappa shape index (κ2) is 10.8. The van der Waals surface area contributed by atoms with Crippen molar-refractivity contribution in [1.82, 2.24) is 15.1 Å². The molecule has 0 spiro atoms. The zero-order valence-electron chi connectivity index (χ0n) is 17.2. The molecule has 1 aliphatic carbocycles. The number of hydrogen-bond donors (Lipinski definition) is 1. The van der Waals surface area contributed by atoms with Crippen molar-refractivity contribution in [3.8, 4) is 0 Å². The van der Waals surface area contributed by atoms with Gasteiger partial charge in [-0.2, -0.15) is 13.2 Å². The number of hydrogen-bond acceptors (Lipinski definition) is 2. The first-order valence-electron chi connectivity index (χ1n) is 10.2. The Morgan fingerprint density at radius 2 is 2.00 bits per heavy atom. The average molecular weight is 524 g/mol. The molecule has 1 saturated heterocycles. The van der Waals surface area contributed by atoms with Crippen molar-refractivity contribution in [3.63, 3.8) is 0 Å².